The number of nitrogens with two attached hydrogens (primary N) is 1. The highest BCUT2D eigenvalue weighted by atomic mass is 16.5. The number of hydrogen-bond acceptors (Lipinski definition) is 3. The minimum Gasteiger partial charge on any atom is -0.386 e. The third-order valence-corrected chi connectivity index (χ3v) is 2.83. The van der Waals surface area contributed by atoms with Gasteiger partial charge in [-0.25, -0.2) is 0 Å². The normalized spacial score (nSPS) is 24.5. The lowest BCUT2D eigenvalue weighted by atomic mass is 9.98. The van der Waals surface area contributed by atoms with E-state index >= 15 is 0 Å². The Kier molecular flexibility index (Phi) is 3.50. The van der Waals surface area contributed by atoms with Crippen molar-refractivity contribution in [3.8, 4) is 0 Å². The summed E-state index contributed by atoms with van der Waals surface area (Å²) in [6.07, 6.45) is 0.888. The second-order valence-corrected chi connectivity index (χ2v) is 4.44. The zero-order chi connectivity index (χ0) is 10.8. The molecular weight excluding hydrogens is 178 g/mol. The van der Waals surface area contributed by atoms with Crippen LogP contribution >= 0.6 is 0 Å². The molecule has 1 aliphatic heterocycles. The maximum atomic E-state index is 7.56. The molecule has 1 rings (SSSR count). The van der Waals surface area contributed by atoms with Crippen molar-refractivity contribution < 1.29 is 4.74 Å². The zero-order valence-electron chi connectivity index (χ0n) is 9.34. The van der Waals surface area contributed by atoms with Crippen LogP contribution in [0.5, 0.6) is 0 Å². The summed E-state index contributed by atoms with van der Waals surface area (Å²) < 4.78 is 5.44. The van der Waals surface area contributed by atoms with Crippen molar-refractivity contribution in [3.63, 3.8) is 0 Å². The Morgan fingerprint density at radius 3 is 2.71 bits per heavy atom. The van der Waals surface area contributed by atoms with E-state index in [4.69, 9.17) is 15.9 Å². The Hall–Kier alpha value is -0.610. The predicted molar refractivity (Wildman–Crippen MR) is 57.6 cm³/mol. The molecule has 0 aromatic heterocycles. The molecule has 3 N–H and O–H groups in total. The van der Waals surface area contributed by atoms with Gasteiger partial charge in [0.1, 0.15) is 5.84 Å². The second kappa shape index (κ2) is 4.28. The molecule has 1 aliphatic rings. The highest BCUT2D eigenvalue weighted by Gasteiger charge is 2.35. The van der Waals surface area contributed by atoms with Crippen LogP contribution in [0.25, 0.3) is 0 Å². The first-order valence-electron chi connectivity index (χ1n) is 5.17. The SMILES string of the molecule is CCC(C(=N)N)N1CCOCC1(C)C. The van der Waals surface area contributed by atoms with E-state index in [0.717, 1.165) is 26.2 Å². The number of morpholine rings is 1. The van der Waals surface area contributed by atoms with Gasteiger partial charge in [0.2, 0.25) is 0 Å². The maximum Gasteiger partial charge on any atom is 0.108 e. The van der Waals surface area contributed by atoms with Crippen molar-refractivity contribution in [1.82, 2.24) is 4.90 Å². The molecular formula is C10H21N3O. The van der Waals surface area contributed by atoms with Crippen LogP contribution in [0.2, 0.25) is 0 Å². The Bertz CT molecular complexity index is 215. The van der Waals surface area contributed by atoms with Crippen molar-refractivity contribution in [1.29, 1.82) is 5.41 Å². The van der Waals surface area contributed by atoms with Gasteiger partial charge in [-0.1, -0.05) is 6.92 Å². The van der Waals surface area contributed by atoms with Gasteiger partial charge < -0.3 is 10.5 Å². The third-order valence-electron chi connectivity index (χ3n) is 2.83. The molecule has 0 radical (unpaired) electrons. The number of nitrogens with one attached hydrogen (secondary N) is 1. The minimum atomic E-state index is -0.00933. The van der Waals surface area contributed by atoms with Gasteiger partial charge in [0.05, 0.1) is 19.3 Å². The largest absolute Gasteiger partial charge is 0.386 e. The van der Waals surface area contributed by atoms with E-state index in [1.54, 1.807) is 0 Å². The van der Waals surface area contributed by atoms with Crippen LogP contribution in [0, 0.1) is 5.41 Å². The van der Waals surface area contributed by atoms with Crippen LogP contribution in [0.1, 0.15) is 27.2 Å². The molecule has 0 bridgehead atoms. The fourth-order valence-electron chi connectivity index (χ4n) is 2.06. The lowest BCUT2D eigenvalue weighted by Crippen LogP contribution is -2.60. The molecule has 14 heavy (non-hydrogen) atoms. The summed E-state index contributed by atoms with van der Waals surface area (Å²) in [6.45, 7) is 8.67. The molecule has 0 aromatic rings. The summed E-state index contributed by atoms with van der Waals surface area (Å²) in [4.78, 5) is 2.28. The quantitative estimate of drug-likeness (QED) is 0.522. The van der Waals surface area contributed by atoms with Crippen molar-refractivity contribution in [2.45, 2.75) is 38.8 Å². The number of nitrogens with zero attached hydrogens (tertiary/aromatic N) is 1. The summed E-state index contributed by atoms with van der Waals surface area (Å²) >= 11 is 0. The topological polar surface area (TPSA) is 62.3 Å². The molecule has 0 saturated carbocycles. The molecule has 0 amide bonds. The van der Waals surface area contributed by atoms with E-state index in [1.165, 1.54) is 0 Å². The first-order chi connectivity index (χ1) is 6.49. The molecule has 1 heterocycles. The van der Waals surface area contributed by atoms with Crippen LogP contribution in [-0.4, -0.2) is 42.1 Å². The summed E-state index contributed by atoms with van der Waals surface area (Å²) in [5, 5.41) is 7.56. The highest BCUT2D eigenvalue weighted by molar-refractivity contribution is 5.82. The van der Waals surface area contributed by atoms with E-state index in [9.17, 15) is 0 Å². The molecule has 1 saturated heterocycles. The minimum absolute atomic E-state index is 0.00933. The van der Waals surface area contributed by atoms with Gasteiger partial charge >= 0.3 is 0 Å². The fraction of sp³-hybridized carbons (Fsp3) is 0.900. The molecule has 4 nitrogen and oxygen atoms in total. The van der Waals surface area contributed by atoms with E-state index < -0.39 is 0 Å². The zero-order valence-corrected chi connectivity index (χ0v) is 9.34. The number of hydrogen-bond donors (Lipinski definition) is 2. The van der Waals surface area contributed by atoms with E-state index in [0.29, 0.717) is 0 Å². The standard InChI is InChI=1S/C10H21N3O/c1-4-8(9(11)12)13-5-6-14-7-10(13,2)3/h8H,4-7H2,1-3H3,(H3,11,12). The first-order valence-corrected chi connectivity index (χ1v) is 5.17. The van der Waals surface area contributed by atoms with Gasteiger partial charge in [0.25, 0.3) is 0 Å². The van der Waals surface area contributed by atoms with Crippen molar-refractivity contribution in [2.24, 2.45) is 5.73 Å². The Labute approximate surface area is 85.9 Å². The number of rotatable bonds is 3. The molecule has 1 fully saturated rings. The maximum absolute atomic E-state index is 7.56. The van der Waals surface area contributed by atoms with Crippen molar-refractivity contribution >= 4 is 5.84 Å². The summed E-state index contributed by atoms with van der Waals surface area (Å²) in [5.74, 6) is 0.266. The summed E-state index contributed by atoms with van der Waals surface area (Å²) in [5.41, 5.74) is 5.59. The molecule has 0 aliphatic carbocycles. The molecule has 0 spiro atoms. The Morgan fingerprint density at radius 2 is 2.29 bits per heavy atom. The molecule has 1 unspecified atom stereocenters. The molecule has 82 valence electrons. The monoisotopic (exact) mass is 199 g/mol. The van der Waals surface area contributed by atoms with Crippen LogP contribution < -0.4 is 5.73 Å². The van der Waals surface area contributed by atoms with Crippen molar-refractivity contribution in [2.75, 3.05) is 19.8 Å². The fourth-order valence-corrected chi connectivity index (χ4v) is 2.06. The van der Waals surface area contributed by atoms with Gasteiger partial charge in [-0.2, -0.15) is 0 Å². The third kappa shape index (κ3) is 2.25. The molecule has 0 aromatic carbocycles. The average Bonchev–Trinajstić information content (AvgIpc) is 2.08. The van der Waals surface area contributed by atoms with E-state index in [2.05, 4.69) is 25.7 Å². The average molecular weight is 199 g/mol. The second-order valence-electron chi connectivity index (χ2n) is 4.44. The number of amidine groups is 1. The predicted octanol–water partition coefficient (Wildman–Crippen LogP) is 0.812. The van der Waals surface area contributed by atoms with Crippen LogP contribution in [0.4, 0.5) is 0 Å². The van der Waals surface area contributed by atoms with Crippen molar-refractivity contribution in [3.05, 3.63) is 0 Å². The van der Waals surface area contributed by atoms with E-state index in [-0.39, 0.29) is 17.4 Å². The van der Waals surface area contributed by atoms with Crippen LogP contribution in [0.15, 0.2) is 0 Å². The van der Waals surface area contributed by atoms with Gasteiger partial charge in [-0.15, -0.1) is 0 Å². The lowest BCUT2D eigenvalue weighted by Gasteiger charge is -2.46. The first kappa shape index (κ1) is 11.5. The van der Waals surface area contributed by atoms with Gasteiger partial charge in [0.15, 0.2) is 0 Å². The molecule has 1 atom stereocenters. The highest BCUT2D eigenvalue weighted by Crippen LogP contribution is 2.22. The van der Waals surface area contributed by atoms with Gasteiger partial charge in [0, 0.05) is 12.1 Å². The van der Waals surface area contributed by atoms with Crippen LogP contribution in [-0.2, 0) is 4.74 Å². The Balaban J connectivity index is 2.76. The lowest BCUT2D eigenvalue weighted by molar-refractivity contribution is -0.0609. The van der Waals surface area contributed by atoms with Gasteiger partial charge in [-0.3, -0.25) is 10.3 Å². The Morgan fingerprint density at radius 1 is 1.64 bits per heavy atom. The summed E-state index contributed by atoms with van der Waals surface area (Å²) in [7, 11) is 0. The summed E-state index contributed by atoms with van der Waals surface area (Å²) in [6, 6.07) is 0.0638. The van der Waals surface area contributed by atoms with E-state index in [1.807, 2.05) is 0 Å². The van der Waals surface area contributed by atoms with Crippen LogP contribution in [0.3, 0.4) is 0 Å². The smallest absolute Gasteiger partial charge is 0.108 e. The van der Waals surface area contributed by atoms with Gasteiger partial charge in [-0.05, 0) is 20.3 Å². The number of ether oxygens (including phenoxy) is 1. The molecule has 4 heteroatoms.